The van der Waals surface area contributed by atoms with E-state index in [0.29, 0.717) is 28.8 Å². The zero-order valence-corrected chi connectivity index (χ0v) is 19.8. The molecular weight excluding hydrogens is 448 g/mol. The third-order valence-corrected chi connectivity index (χ3v) is 6.02. The van der Waals surface area contributed by atoms with Crippen molar-refractivity contribution < 1.29 is 19.0 Å². The van der Waals surface area contributed by atoms with Crippen LogP contribution in [0.25, 0.3) is 17.2 Å². The van der Waals surface area contributed by atoms with E-state index in [1.807, 2.05) is 43.3 Å². The molecule has 0 spiro atoms. The normalized spacial score (nSPS) is 14.7. The van der Waals surface area contributed by atoms with Crippen molar-refractivity contribution in [3.05, 3.63) is 65.5 Å². The molecule has 1 N–H and O–H groups in total. The average molecular weight is 473 g/mol. The molecule has 0 radical (unpaired) electrons. The summed E-state index contributed by atoms with van der Waals surface area (Å²) in [6.07, 6.45) is 1.81. The lowest BCUT2D eigenvalue weighted by Crippen LogP contribution is -2.25. The molecule has 0 aliphatic carbocycles. The number of hydrogen-bond acceptors (Lipinski definition) is 8. The van der Waals surface area contributed by atoms with Gasteiger partial charge in [-0.25, -0.2) is 4.98 Å². The van der Waals surface area contributed by atoms with Gasteiger partial charge in [0, 0.05) is 29.0 Å². The highest BCUT2D eigenvalue weighted by Gasteiger charge is 2.36. The summed E-state index contributed by atoms with van der Waals surface area (Å²) in [7, 11) is 4.68. The van der Waals surface area contributed by atoms with Crippen LogP contribution in [-0.4, -0.2) is 52.2 Å². The van der Waals surface area contributed by atoms with Crippen LogP contribution in [0.1, 0.15) is 29.2 Å². The maximum Gasteiger partial charge on any atom is 0.272 e. The van der Waals surface area contributed by atoms with E-state index >= 15 is 0 Å². The van der Waals surface area contributed by atoms with Crippen LogP contribution in [-0.2, 0) is 4.79 Å². The van der Waals surface area contributed by atoms with Crippen molar-refractivity contribution in [1.29, 1.82) is 0 Å². The van der Waals surface area contributed by atoms with Gasteiger partial charge in [0.2, 0.25) is 11.7 Å². The number of fused-ring (bicyclic) bond motifs is 1. The van der Waals surface area contributed by atoms with Gasteiger partial charge in [-0.2, -0.15) is 14.9 Å². The summed E-state index contributed by atoms with van der Waals surface area (Å²) >= 11 is 0. The highest BCUT2D eigenvalue weighted by Crippen LogP contribution is 2.48. The molecule has 1 amide bonds. The second-order valence-corrected chi connectivity index (χ2v) is 8.00. The molecule has 10 heteroatoms. The number of benzene rings is 2. The summed E-state index contributed by atoms with van der Waals surface area (Å²) in [5, 5.41) is 15.9. The minimum atomic E-state index is -0.326. The Morgan fingerprint density at radius 3 is 2.49 bits per heavy atom. The number of nitrogens with one attached hydrogen (secondary N) is 1. The summed E-state index contributed by atoms with van der Waals surface area (Å²) in [6.45, 7) is 1.89. The fourth-order valence-corrected chi connectivity index (χ4v) is 4.49. The minimum absolute atomic E-state index is 0.160. The van der Waals surface area contributed by atoms with E-state index in [1.54, 1.807) is 33.6 Å². The standard InChI is InChI=1S/C25H24N6O4/c1-14-21-17(16-10-11-19(33-2)23(35-4)22(16)34-3)12-20(32)28-24(21)31(30-14)25-27-18(13-26-29-25)15-8-6-5-7-9-15/h5-11,13,17H,12H2,1-4H3,(H,28,32)/t17-/m0/s1. The van der Waals surface area contributed by atoms with Crippen molar-refractivity contribution in [2.75, 3.05) is 26.6 Å². The Kier molecular flexibility index (Phi) is 5.77. The van der Waals surface area contributed by atoms with E-state index in [1.165, 1.54) is 4.68 Å². The highest BCUT2D eigenvalue weighted by molar-refractivity contribution is 5.95. The Balaban J connectivity index is 1.65. The third-order valence-electron chi connectivity index (χ3n) is 6.02. The molecule has 10 nitrogen and oxygen atoms in total. The number of methoxy groups -OCH3 is 3. The van der Waals surface area contributed by atoms with Crippen LogP contribution in [0.4, 0.5) is 5.82 Å². The molecule has 0 saturated carbocycles. The summed E-state index contributed by atoms with van der Waals surface area (Å²) in [4.78, 5) is 17.5. The van der Waals surface area contributed by atoms with Crippen molar-refractivity contribution in [1.82, 2.24) is 25.0 Å². The topological polar surface area (TPSA) is 113 Å². The van der Waals surface area contributed by atoms with Gasteiger partial charge >= 0.3 is 0 Å². The molecule has 1 aliphatic rings. The number of amides is 1. The fourth-order valence-electron chi connectivity index (χ4n) is 4.49. The van der Waals surface area contributed by atoms with E-state index in [0.717, 1.165) is 22.4 Å². The summed E-state index contributed by atoms with van der Waals surface area (Å²) in [5.74, 6) is 1.80. The second-order valence-electron chi connectivity index (χ2n) is 8.00. The van der Waals surface area contributed by atoms with Crippen LogP contribution in [0.15, 0.2) is 48.7 Å². The van der Waals surface area contributed by atoms with Gasteiger partial charge in [0.05, 0.1) is 38.9 Å². The van der Waals surface area contributed by atoms with Crippen LogP contribution in [0, 0.1) is 6.92 Å². The van der Waals surface area contributed by atoms with E-state index in [-0.39, 0.29) is 24.2 Å². The summed E-state index contributed by atoms with van der Waals surface area (Å²) < 4.78 is 18.2. The average Bonchev–Trinajstić information content (AvgIpc) is 3.23. The number of ether oxygens (including phenoxy) is 3. The van der Waals surface area contributed by atoms with Gasteiger partial charge in [-0.1, -0.05) is 36.4 Å². The Bertz CT molecular complexity index is 1400. The van der Waals surface area contributed by atoms with Crippen molar-refractivity contribution in [3.63, 3.8) is 0 Å². The molecule has 0 unspecified atom stereocenters. The van der Waals surface area contributed by atoms with Crippen LogP contribution in [0.5, 0.6) is 17.2 Å². The lowest BCUT2D eigenvalue weighted by molar-refractivity contribution is -0.116. The number of carbonyl (C=O) groups excluding carboxylic acids is 1. The molecule has 2 aromatic carbocycles. The first-order valence-electron chi connectivity index (χ1n) is 11.0. The van der Waals surface area contributed by atoms with Gasteiger partial charge in [-0.15, -0.1) is 5.10 Å². The van der Waals surface area contributed by atoms with Crippen molar-refractivity contribution in [2.24, 2.45) is 0 Å². The Labute approximate surface area is 201 Å². The number of rotatable bonds is 6. The second kappa shape index (κ2) is 9.05. The smallest absolute Gasteiger partial charge is 0.272 e. The Morgan fingerprint density at radius 1 is 1.00 bits per heavy atom. The predicted octanol–water partition coefficient (Wildman–Crippen LogP) is 3.53. The number of nitrogens with zero attached hydrogens (tertiary/aromatic N) is 5. The number of carbonyl (C=O) groups is 1. The maximum atomic E-state index is 12.9. The van der Waals surface area contributed by atoms with Crippen LogP contribution in [0.2, 0.25) is 0 Å². The molecule has 35 heavy (non-hydrogen) atoms. The molecule has 1 atom stereocenters. The highest BCUT2D eigenvalue weighted by atomic mass is 16.5. The van der Waals surface area contributed by atoms with Gasteiger partial charge in [0.1, 0.15) is 5.82 Å². The van der Waals surface area contributed by atoms with E-state index < -0.39 is 0 Å². The van der Waals surface area contributed by atoms with Gasteiger partial charge in [0.15, 0.2) is 11.5 Å². The lowest BCUT2D eigenvalue weighted by Gasteiger charge is -2.26. The maximum absolute atomic E-state index is 12.9. The number of hydrogen-bond donors (Lipinski definition) is 1. The minimum Gasteiger partial charge on any atom is -0.493 e. The first kappa shape index (κ1) is 22.3. The SMILES string of the molecule is COc1ccc([C@@H]2CC(=O)Nc3c2c(C)nn3-c2nncc(-c3ccccc3)n2)c(OC)c1OC. The first-order chi connectivity index (χ1) is 17.0. The molecular formula is C25H24N6O4. The van der Waals surface area contributed by atoms with Gasteiger partial charge in [-0.3, -0.25) is 4.79 Å². The summed E-state index contributed by atoms with van der Waals surface area (Å²) in [5.41, 5.74) is 3.93. The van der Waals surface area contributed by atoms with E-state index in [4.69, 9.17) is 14.2 Å². The van der Waals surface area contributed by atoms with E-state index in [2.05, 4.69) is 25.6 Å². The first-order valence-corrected chi connectivity index (χ1v) is 11.0. The van der Waals surface area contributed by atoms with Crippen LogP contribution >= 0.6 is 0 Å². The van der Waals surface area contributed by atoms with Crippen molar-refractivity contribution in [2.45, 2.75) is 19.3 Å². The van der Waals surface area contributed by atoms with Crippen LogP contribution < -0.4 is 19.5 Å². The molecule has 5 rings (SSSR count). The predicted molar refractivity (Wildman–Crippen MR) is 128 cm³/mol. The lowest BCUT2D eigenvalue weighted by atomic mass is 9.85. The van der Waals surface area contributed by atoms with Crippen LogP contribution in [0.3, 0.4) is 0 Å². The Hall–Kier alpha value is -4.47. The van der Waals surface area contributed by atoms with Gasteiger partial charge in [-0.05, 0) is 13.0 Å². The third kappa shape index (κ3) is 3.82. The number of aromatic nitrogens is 5. The zero-order chi connectivity index (χ0) is 24.5. The number of anilines is 1. The molecule has 0 saturated heterocycles. The van der Waals surface area contributed by atoms with Crippen molar-refractivity contribution >= 4 is 11.7 Å². The molecule has 4 aromatic rings. The Morgan fingerprint density at radius 2 is 1.77 bits per heavy atom. The molecule has 3 heterocycles. The van der Waals surface area contributed by atoms with Gasteiger partial charge in [0.25, 0.3) is 5.95 Å². The quantitative estimate of drug-likeness (QED) is 0.453. The van der Waals surface area contributed by atoms with Crippen molar-refractivity contribution in [3.8, 4) is 34.5 Å². The molecule has 2 aromatic heterocycles. The monoisotopic (exact) mass is 472 g/mol. The largest absolute Gasteiger partial charge is 0.493 e. The molecule has 0 bridgehead atoms. The number of aryl methyl sites for hydroxylation is 1. The molecule has 1 aliphatic heterocycles. The summed E-state index contributed by atoms with van der Waals surface area (Å²) in [6, 6.07) is 13.4. The van der Waals surface area contributed by atoms with E-state index in [9.17, 15) is 4.79 Å². The zero-order valence-electron chi connectivity index (χ0n) is 19.8. The molecule has 0 fully saturated rings. The van der Waals surface area contributed by atoms with Gasteiger partial charge < -0.3 is 19.5 Å². The fraction of sp³-hybridized carbons (Fsp3) is 0.240. The molecule has 178 valence electrons.